The van der Waals surface area contributed by atoms with Crippen LogP contribution in [0.5, 0.6) is 0 Å². The molecule has 5 heteroatoms. The maximum Gasteiger partial charge on any atom is 0.109 e. The van der Waals surface area contributed by atoms with Crippen molar-refractivity contribution in [3.63, 3.8) is 0 Å². The molecule has 0 bridgehead atoms. The Bertz CT molecular complexity index is 422. The molecule has 0 saturated heterocycles. The lowest BCUT2D eigenvalue weighted by atomic mass is 10.3. The largest absolute Gasteiger partial charge is 0.303 e. The Morgan fingerprint density at radius 1 is 1.38 bits per heavy atom. The highest BCUT2D eigenvalue weighted by Gasteiger charge is 2.09. The van der Waals surface area contributed by atoms with Crippen molar-refractivity contribution in [2.24, 2.45) is 0 Å². The first-order chi connectivity index (χ1) is 7.79. The standard InChI is InChI=1S/C11H15N3S2/c1-3-9-5-14-11(16-9)8(2)13-6-10-4-12-7-15-10/h4-5,7-8,13H,3,6H2,1-2H3. The van der Waals surface area contributed by atoms with Crippen molar-refractivity contribution in [2.45, 2.75) is 32.9 Å². The minimum absolute atomic E-state index is 0.312. The third-order valence-corrected chi connectivity index (χ3v) is 4.46. The number of nitrogens with zero attached hydrogens (tertiary/aromatic N) is 2. The maximum atomic E-state index is 4.43. The smallest absolute Gasteiger partial charge is 0.109 e. The van der Waals surface area contributed by atoms with Crippen molar-refractivity contribution >= 4 is 22.7 Å². The van der Waals surface area contributed by atoms with Gasteiger partial charge in [-0.2, -0.15) is 0 Å². The van der Waals surface area contributed by atoms with E-state index in [2.05, 4.69) is 29.1 Å². The molecule has 2 aromatic rings. The summed E-state index contributed by atoms with van der Waals surface area (Å²) in [7, 11) is 0. The summed E-state index contributed by atoms with van der Waals surface area (Å²) < 4.78 is 0. The maximum absolute atomic E-state index is 4.43. The van der Waals surface area contributed by atoms with E-state index in [-0.39, 0.29) is 0 Å². The molecule has 0 spiro atoms. The average molecular weight is 253 g/mol. The van der Waals surface area contributed by atoms with Gasteiger partial charge in [0.25, 0.3) is 0 Å². The molecule has 0 aliphatic carbocycles. The van der Waals surface area contributed by atoms with Crippen LogP contribution in [0.25, 0.3) is 0 Å². The van der Waals surface area contributed by atoms with Crippen LogP contribution in [0.15, 0.2) is 17.9 Å². The van der Waals surface area contributed by atoms with Crippen molar-refractivity contribution in [3.8, 4) is 0 Å². The van der Waals surface area contributed by atoms with E-state index < -0.39 is 0 Å². The highest BCUT2D eigenvalue weighted by atomic mass is 32.1. The Labute approximate surface area is 104 Å². The zero-order valence-corrected chi connectivity index (χ0v) is 11.1. The summed E-state index contributed by atoms with van der Waals surface area (Å²) in [6.07, 6.45) is 4.95. The number of aromatic nitrogens is 2. The molecule has 2 heterocycles. The zero-order chi connectivity index (χ0) is 11.4. The third-order valence-electron chi connectivity index (χ3n) is 2.36. The van der Waals surface area contributed by atoms with Crippen LogP contribution in [0.4, 0.5) is 0 Å². The van der Waals surface area contributed by atoms with Crippen LogP contribution in [0.1, 0.15) is 34.7 Å². The van der Waals surface area contributed by atoms with Gasteiger partial charge in [0.1, 0.15) is 5.01 Å². The Hall–Kier alpha value is -0.780. The SMILES string of the molecule is CCc1cnc(C(C)NCc2cncs2)s1. The van der Waals surface area contributed by atoms with Crippen molar-refractivity contribution in [1.82, 2.24) is 15.3 Å². The van der Waals surface area contributed by atoms with Crippen molar-refractivity contribution in [3.05, 3.63) is 32.7 Å². The van der Waals surface area contributed by atoms with E-state index in [1.54, 1.807) is 22.7 Å². The summed E-state index contributed by atoms with van der Waals surface area (Å²) in [5.41, 5.74) is 1.86. The molecule has 0 saturated carbocycles. The normalized spacial score (nSPS) is 12.9. The quantitative estimate of drug-likeness (QED) is 0.890. The number of rotatable bonds is 5. The lowest BCUT2D eigenvalue weighted by Crippen LogP contribution is -2.17. The summed E-state index contributed by atoms with van der Waals surface area (Å²) in [4.78, 5) is 11.1. The summed E-state index contributed by atoms with van der Waals surface area (Å²) in [6, 6.07) is 0.312. The van der Waals surface area contributed by atoms with Gasteiger partial charge in [-0.25, -0.2) is 4.98 Å². The summed E-state index contributed by atoms with van der Waals surface area (Å²) in [5, 5.41) is 4.62. The molecular weight excluding hydrogens is 238 g/mol. The molecule has 0 radical (unpaired) electrons. The number of hydrogen-bond donors (Lipinski definition) is 1. The van der Waals surface area contributed by atoms with Crippen molar-refractivity contribution in [1.29, 1.82) is 0 Å². The number of hydrogen-bond acceptors (Lipinski definition) is 5. The van der Waals surface area contributed by atoms with Crippen LogP contribution < -0.4 is 5.32 Å². The first-order valence-corrected chi connectivity index (χ1v) is 7.04. The van der Waals surface area contributed by atoms with Crippen molar-refractivity contribution < 1.29 is 0 Å². The fourth-order valence-electron chi connectivity index (χ4n) is 1.36. The third kappa shape index (κ3) is 2.87. The van der Waals surface area contributed by atoms with Crippen LogP contribution in [0.3, 0.4) is 0 Å². The van der Waals surface area contributed by atoms with E-state index in [0.29, 0.717) is 6.04 Å². The molecule has 2 aromatic heterocycles. The van der Waals surface area contributed by atoms with E-state index >= 15 is 0 Å². The minimum atomic E-state index is 0.312. The van der Waals surface area contributed by atoms with Gasteiger partial charge in [-0.1, -0.05) is 6.92 Å². The van der Waals surface area contributed by atoms with Gasteiger partial charge in [0.05, 0.1) is 11.6 Å². The van der Waals surface area contributed by atoms with Gasteiger partial charge in [-0.3, -0.25) is 4.98 Å². The molecule has 3 nitrogen and oxygen atoms in total. The Kier molecular flexibility index (Phi) is 4.04. The van der Waals surface area contributed by atoms with Crippen LogP contribution >= 0.6 is 22.7 Å². The van der Waals surface area contributed by atoms with E-state index in [1.807, 2.05) is 17.9 Å². The van der Waals surface area contributed by atoms with E-state index in [4.69, 9.17) is 0 Å². The molecule has 0 aliphatic heterocycles. The topological polar surface area (TPSA) is 37.8 Å². The summed E-state index contributed by atoms with van der Waals surface area (Å²) in [5.74, 6) is 0. The average Bonchev–Trinajstić information content (AvgIpc) is 2.96. The van der Waals surface area contributed by atoms with Gasteiger partial charge in [-0.15, -0.1) is 22.7 Å². The lowest BCUT2D eigenvalue weighted by Gasteiger charge is -2.09. The molecule has 0 amide bonds. The predicted molar refractivity (Wildman–Crippen MR) is 68.9 cm³/mol. The minimum Gasteiger partial charge on any atom is -0.303 e. The van der Waals surface area contributed by atoms with E-state index in [1.165, 1.54) is 14.8 Å². The second-order valence-corrected chi connectivity index (χ2v) is 5.71. The van der Waals surface area contributed by atoms with Gasteiger partial charge in [-0.05, 0) is 13.3 Å². The van der Waals surface area contributed by atoms with Gasteiger partial charge >= 0.3 is 0 Å². The van der Waals surface area contributed by atoms with E-state index in [0.717, 1.165) is 13.0 Å². The molecule has 0 fully saturated rings. The van der Waals surface area contributed by atoms with Crippen LogP contribution in [-0.2, 0) is 13.0 Å². The van der Waals surface area contributed by atoms with Crippen LogP contribution in [0, 0.1) is 0 Å². The number of aryl methyl sites for hydroxylation is 1. The van der Waals surface area contributed by atoms with Gasteiger partial charge in [0.15, 0.2) is 0 Å². The molecule has 1 atom stereocenters. The first-order valence-electron chi connectivity index (χ1n) is 5.35. The zero-order valence-electron chi connectivity index (χ0n) is 9.43. The summed E-state index contributed by atoms with van der Waals surface area (Å²) >= 11 is 3.47. The fourth-order valence-corrected chi connectivity index (χ4v) is 2.79. The Morgan fingerprint density at radius 3 is 2.88 bits per heavy atom. The Balaban J connectivity index is 1.90. The molecule has 16 heavy (non-hydrogen) atoms. The molecule has 0 aromatic carbocycles. The highest BCUT2D eigenvalue weighted by molar-refractivity contribution is 7.11. The fraction of sp³-hybridized carbons (Fsp3) is 0.455. The monoisotopic (exact) mass is 253 g/mol. The second kappa shape index (κ2) is 5.52. The first kappa shape index (κ1) is 11.7. The lowest BCUT2D eigenvalue weighted by molar-refractivity contribution is 0.575. The number of thiazole rings is 2. The Morgan fingerprint density at radius 2 is 2.25 bits per heavy atom. The highest BCUT2D eigenvalue weighted by Crippen LogP contribution is 2.20. The van der Waals surface area contributed by atoms with Crippen LogP contribution in [-0.4, -0.2) is 9.97 Å². The van der Waals surface area contributed by atoms with E-state index in [9.17, 15) is 0 Å². The number of nitrogens with one attached hydrogen (secondary N) is 1. The molecule has 2 rings (SSSR count). The second-order valence-electron chi connectivity index (χ2n) is 3.59. The van der Waals surface area contributed by atoms with Crippen molar-refractivity contribution in [2.75, 3.05) is 0 Å². The van der Waals surface area contributed by atoms with Crippen LogP contribution in [0.2, 0.25) is 0 Å². The van der Waals surface area contributed by atoms with Gasteiger partial charge < -0.3 is 5.32 Å². The molecule has 86 valence electrons. The molecule has 1 N–H and O–H groups in total. The summed E-state index contributed by atoms with van der Waals surface area (Å²) in [6.45, 7) is 5.18. The molecule has 1 unspecified atom stereocenters. The molecular formula is C11H15N3S2. The van der Waals surface area contributed by atoms with Gasteiger partial charge in [0.2, 0.25) is 0 Å². The predicted octanol–water partition coefficient (Wildman–Crippen LogP) is 3.01. The molecule has 0 aliphatic rings. The van der Waals surface area contributed by atoms with Gasteiger partial charge in [0, 0.05) is 28.7 Å².